The van der Waals surface area contributed by atoms with Gasteiger partial charge in [-0.3, -0.25) is 4.79 Å². The van der Waals surface area contributed by atoms with E-state index in [9.17, 15) is 9.18 Å². The van der Waals surface area contributed by atoms with Crippen molar-refractivity contribution in [3.05, 3.63) is 35.6 Å². The van der Waals surface area contributed by atoms with Crippen LogP contribution in [0.3, 0.4) is 0 Å². The molecule has 0 aliphatic carbocycles. The average Bonchev–Trinajstić information content (AvgIpc) is 2.38. The molecule has 1 saturated heterocycles. The van der Waals surface area contributed by atoms with E-state index in [1.54, 1.807) is 0 Å². The summed E-state index contributed by atoms with van der Waals surface area (Å²) in [5.41, 5.74) is 0.409. The molecule has 2 rings (SSSR count). The van der Waals surface area contributed by atoms with Crippen molar-refractivity contribution in [2.45, 2.75) is 0 Å². The van der Waals surface area contributed by atoms with Crippen LogP contribution in [0.25, 0.3) is 0 Å². The number of carbonyl (C=O) groups excluding carboxylic acids is 1. The molecule has 1 aliphatic rings. The number of halogens is 1. The molecule has 1 aliphatic heterocycles. The first kappa shape index (κ1) is 11.6. The van der Waals surface area contributed by atoms with Crippen molar-refractivity contribution in [1.29, 1.82) is 0 Å². The number of nitrogens with zero attached hydrogens (tertiary/aromatic N) is 1. The van der Waals surface area contributed by atoms with Gasteiger partial charge in [-0.25, -0.2) is 4.39 Å². The van der Waals surface area contributed by atoms with Crippen LogP contribution < -0.4 is 0 Å². The summed E-state index contributed by atoms with van der Waals surface area (Å²) in [4.78, 5) is 13.5. The molecule has 0 saturated carbocycles. The maximum absolute atomic E-state index is 12.7. The monoisotopic (exact) mass is 233 g/mol. The van der Waals surface area contributed by atoms with Crippen molar-refractivity contribution in [2.75, 3.05) is 26.3 Å². The Kier molecular flexibility index (Phi) is 3.73. The van der Waals surface area contributed by atoms with Crippen LogP contribution in [0.2, 0.25) is 0 Å². The van der Waals surface area contributed by atoms with Gasteiger partial charge in [0.15, 0.2) is 0 Å². The van der Waals surface area contributed by atoms with E-state index in [2.05, 4.69) is 12.0 Å². The zero-order valence-electron chi connectivity index (χ0n) is 9.28. The first-order valence-corrected chi connectivity index (χ1v) is 5.40. The van der Waals surface area contributed by atoms with Crippen molar-refractivity contribution in [2.24, 2.45) is 0 Å². The standard InChI is InChI=1S/C13H12FNO2/c14-12-3-1-11(2-4-12)13(16)5-6-15-7-9-17-10-8-15/h1-4H,7-10H2. The van der Waals surface area contributed by atoms with Gasteiger partial charge in [0.2, 0.25) is 5.78 Å². The van der Waals surface area contributed by atoms with E-state index in [0.29, 0.717) is 31.9 Å². The van der Waals surface area contributed by atoms with Gasteiger partial charge in [0, 0.05) is 24.7 Å². The van der Waals surface area contributed by atoms with Crippen LogP contribution in [0.5, 0.6) is 0 Å². The smallest absolute Gasteiger partial charge is 0.237 e. The van der Waals surface area contributed by atoms with E-state index in [0.717, 1.165) is 0 Å². The summed E-state index contributed by atoms with van der Waals surface area (Å²) < 4.78 is 17.8. The zero-order valence-corrected chi connectivity index (χ0v) is 9.28. The molecule has 4 heteroatoms. The van der Waals surface area contributed by atoms with Gasteiger partial charge >= 0.3 is 0 Å². The summed E-state index contributed by atoms with van der Waals surface area (Å²) in [6.45, 7) is 2.70. The van der Waals surface area contributed by atoms with Gasteiger partial charge in [-0.05, 0) is 30.2 Å². The van der Waals surface area contributed by atoms with E-state index in [1.165, 1.54) is 24.3 Å². The average molecular weight is 233 g/mol. The summed E-state index contributed by atoms with van der Waals surface area (Å²) in [6, 6.07) is 8.17. The molecule has 1 aromatic carbocycles. The Morgan fingerprint density at radius 2 is 1.88 bits per heavy atom. The Morgan fingerprint density at radius 3 is 2.53 bits per heavy atom. The predicted molar refractivity (Wildman–Crippen MR) is 60.9 cm³/mol. The molecule has 17 heavy (non-hydrogen) atoms. The third kappa shape index (κ3) is 3.30. The summed E-state index contributed by atoms with van der Waals surface area (Å²) in [6.07, 6.45) is 0. The van der Waals surface area contributed by atoms with E-state index in [-0.39, 0.29) is 11.6 Å². The van der Waals surface area contributed by atoms with Crippen molar-refractivity contribution in [3.63, 3.8) is 0 Å². The molecule has 0 aromatic heterocycles. The van der Waals surface area contributed by atoms with Crippen molar-refractivity contribution < 1.29 is 13.9 Å². The van der Waals surface area contributed by atoms with Crippen LogP contribution in [-0.4, -0.2) is 37.0 Å². The number of rotatable bonds is 1. The highest BCUT2D eigenvalue weighted by Crippen LogP contribution is 2.03. The minimum Gasteiger partial charge on any atom is -0.378 e. The molecular formula is C13H12FNO2. The topological polar surface area (TPSA) is 29.5 Å². The first-order chi connectivity index (χ1) is 8.25. The summed E-state index contributed by atoms with van der Waals surface area (Å²) in [5, 5.41) is 0. The van der Waals surface area contributed by atoms with Crippen LogP contribution in [0, 0.1) is 17.8 Å². The maximum Gasteiger partial charge on any atom is 0.237 e. The van der Waals surface area contributed by atoms with Crippen LogP contribution >= 0.6 is 0 Å². The summed E-state index contributed by atoms with van der Waals surface area (Å²) in [7, 11) is 0. The molecule has 0 atom stereocenters. The normalized spacial score (nSPS) is 15.0. The van der Waals surface area contributed by atoms with E-state index >= 15 is 0 Å². The van der Waals surface area contributed by atoms with Gasteiger partial charge in [0.25, 0.3) is 0 Å². The number of Topliss-reactive ketones (excluding diaryl/α,β-unsaturated/α-hetero) is 1. The largest absolute Gasteiger partial charge is 0.378 e. The van der Waals surface area contributed by atoms with Crippen molar-refractivity contribution in [1.82, 2.24) is 4.90 Å². The van der Waals surface area contributed by atoms with E-state index < -0.39 is 0 Å². The Balaban J connectivity index is 2.01. The number of hydrogen-bond donors (Lipinski definition) is 0. The lowest BCUT2D eigenvalue weighted by Crippen LogP contribution is -2.32. The number of carbonyl (C=O) groups is 1. The lowest BCUT2D eigenvalue weighted by molar-refractivity contribution is 0.0637. The van der Waals surface area contributed by atoms with Gasteiger partial charge in [0.1, 0.15) is 5.82 Å². The Morgan fingerprint density at radius 1 is 1.24 bits per heavy atom. The van der Waals surface area contributed by atoms with Crippen molar-refractivity contribution in [3.8, 4) is 12.0 Å². The second-order valence-corrected chi connectivity index (χ2v) is 3.67. The van der Waals surface area contributed by atoms with Crippen LogP contribution in [0.1, 0.15) is 10.4 Å². The van der Waals surface area contributed by atoms with E-state index in [4.69, 9.17) is 4.74 Å². The molecule has 0 bridgehead atoms. The Labute approximate surface area is 99.2 Å². The fraction of sp³-hybridized carbons (Fsp3) is 0.308. The van der Waals surface area contributed by atoms with Gasteiger partial charge in [-0.15, -0.1) is 0 Å². The van der Waals surface area contributed by atoms with Gasteiger partial charge in [-0.1, -0.05) is 0 Å². The molecule has 1 fully saturated rings. The predicted octanol–water partition coefficient (Wildman–Crippen LogP) is 1.30. The third-order valence-corrected chi connectivity index (χ3v) is 2.45. The minimum absolute atomic E-state index is 0.295. The van der Waals surface area contributed by atoms with Crippen LogP contribution in [0.15, 0.2) is 24.3 Å². The third-order valence-electron chi connectivity index (χ3n) is 2.45. The van der Waals surface area contributed by atoms with Gasteiger partial charge in [-0.2, -0.15) is 0 Å². The van der Waals surface area contributed by atoms with Crippen LogP contribution in [0.4, 0.5) is 4.39 Å². The quantitative estimate of drug-likeness (QED) is 0.541. The molecule has 88 valence electrons. The molecule has 0 N–H and O–H groups in total. The number of morpholine rings is 1. The molecule has 0 unspecified atom stereocenters. The van der Waals surface area contributed by atoms with E-state index in [1.807, 2.05) is 4.90 Å². The summed E-state index contributed by atoms with van der Waals surface area (Å²) in [5.74, 6) is 1.89. The highest BCUT2D eigenvalue weighted by Gasteiger charge is 2.06. The second-order valence-electron chi connectivity index (χ2n) is 3.67. The molecular weight excluding hydrogens is 221 g/mol. The fourth-order valence-corrected chi connectivity index (χ4v) is 1.48. The molecule has 1 heterocycles. The fourth-order valence-electron chi connectivity index (χ4n) is 1.48. The number of benzene rings is 1. The SMILES string of the molecule is O=C(C#CN1CCOCC1)c1ccc(F)cc1. The Hall–Kier alpha value is -1.86. The molecule has 0 spiro atoms. The van der Waals surface area contributed by atoms with Gasteiger partial charge in [0.05, 0.1) is 13.2 Å². The number of ether oxygens (including phenoxy) is 1. The lowest BCUT2D eigenvalue weighted by Gasteiger charge is -2.22. The highest BCUT2D eigenvalue weighted by atomic mass is 19.1. The molecule has 0 amide bonds. The highest BCUT2D eigenvalue weighted by molar-refractivity contribution is 6.08. The van der Waals surface area contributed by atoms with Crippen molar-refractivity contribution >= 4 is 5.78 Å². The second kappa shape index (κ2) is 5.46. The summed E-state index contributed by atoms with van der Waals surface area (Å²) >= 11 is 0. The minimum atomic E-state index is -0.359. The Bertz CT molecular complexity index is 453. The maximum atomic E-state index is 12.7. The van der Waals surface area contributed by atoms with Crippen LogP contribution in [-0.2, 0) is 4.74 Å². The number of hydrogen-bond acceptors (Lipinski definition) is 3. The lowest BCUT2D eigenvalue weighted by atomic mass is 10.1. The molecule has 3 nitrogen and oxygen atoms in total. The molecule has 0 radical (unpaired) electrons. The first-order valence-electron chi connectivity index (χ1n) is 5.40. The van der Waals surface area contributed by atoms with Gasteiger partial charge < -0.3 is 9.64 Å². The number of ketones is 1. The molecule has 1 aromatic rings. The zero-order chi connectivity index (χ0) is 12.1.